The van der Waals surface area contributed by atoms with E-state index in [0.717, 1.165) is 11.1 Å². The summed E-state index contributed by atoms with van der Waals surface area (Å²) < 4.78 is 19.3. The number of aromatic nitrogens is 1. The van der Waals surface area contributed by atoms with Gasteiger partial charge in [-0.3, -0.25) is 9.36 Å². The van der Waals surface area contributed by atoms with Crippen molar-refractivity contribution in [1.82, 2.24) is 4.57 Å². The number of carbonyl (C=O) groups is 1. The number of benzene rings is 3. The molecule has 0 radical (unpaired) electrons. The SMILES string of the molecule is CCOC(=O)C1=C(C)N=c2s/c(=C/c3ccccc3OCc3ccc(Cl)cc3Cl)c(=O)n2[C@H]1c1ccc(OC(C)C)cc1. The van der Waals surface area contributed by atoms with Crippen molar-refractivity contribution in [1.29, 1.82) is 0 Å². The van der Waals surface area contributed by atoms with E-state index in [0.29, 0.717) is 47.7 Å². The summed E-state index contributed by atoms with van der Waals surface area (Å²) in [4.78, 5) is 32.4. The Morgan fingerprint density at radius 1 is 1.09 bits per heavy atom. The van der Waals surface area contributed by atoms with E-state index >= 15 is 0 Å². The molecule has 0 N–H and O–H groups in total. The molecule has 0 bridgehead atoms. The summed E-state index contributed by atoms with van der Waals surface area (Å²) in [7, 11) is 0. The van der Waals surface area contributed by atoms with Crippen molar-refractivity contribution in [2.24, 2.45) is 4.99 Å². The van der Waals surface area contributed by atoms with Gasteiger partial charge in [0.25, 0.3) is 5.56 Å². The third kappa shape index (κ3) is 6.72. The quantitative estimate of drug-likeness (QED) is 0.197. The van der Waals surface area contributed by atoms with Crippen LogP contribution in [0.2, 0.25) is 10.0 Å². The van der Waals surface area contributed by atoms with Crippen LogP contribution in [-0.2, 0) is 16.1 Å². The second-order valence-corrected chi connectivity index (χ2v) is 12.0. The van der Waals surface area contributed by atoms with Crippen molar-refractivity contribution in [2.45, 2.75) is 46.4 Å². The van der Waals surface area contributed by atoms with Crippen molar-refractivity contribution < 1.29 is 19.0 Å². The molecule has 0 saturated heterocycles. The lowest BCUT2D eigenvalue weighted by molar-refractivity contribution is -0.139. The molecule has 0 unspecified atom stereocenters. The van der Waals surface area contributed by atoms with Gasteiger partial charge in [-0.15, -0.1) is 0 Å². The maximum absolute atomic E-state index is 14.0. The van der Waals surface area contributed by atoms with Crippen LogP contribution >= 0.6 is 34.5 Å². The number of carbonyl (C=O) groups excluding carboxylic acids is 1. The van der Waals surface area contributed by atoms with Crippen LogP contribution in [0.25, 0.3) is 6.08 Å². The first-order valence-electron chi connectivity index (χ1n) is 13.8. The van der Waals surface area contributed by atoms with Gasteiger partial charge in [0.2, 0.25) is 0 Å². The van der Waals surface area contributed by atoms with Crippen molar-refractivity contribution in [2.75, 3.05) is 6.61 Å². The molecule has 1 aliphatic rings. The van der Waals surface area contributed by atoms with Crippen LogP contribution in [0.4, 0.5) is 0 Å². The van der Waals surface area contributed by atoms with E-state index in [1.165, 1.54) is 11.3 Å². The monoisotopic (exact) mass is 636 g/mol. The largest absolute Gasteiger partial charge is 0.491 e. The number of ether oxygens (including phenoxy) is 3. The van der Waals surface area contributed by atoms with Gasteiger partial charge in [0, 0.05) is 21.2 Å². The van der Waals surface area contributed by atoms with Gasteiger partial charge in [-0.1, -0.05) is 70.9 Å². The van der Waals surface area contributed by atoms with Gasteiger partial charge in [0.1, 0.15) is 18.1 Å². The van der Waals surface area contributed by atoms with E-state index in [-0.39, 0.29) is 24.9 Å². The fourth-order valence-corrected chi connectivity index (χ4v) is 6.28. The number of thiazole rings is 1. The number of fused-ring (bicyclic) bond motifs is 1. The molecule has 0 saturated carbocycles. The molecule has 3 aromatic carbocycles. The van der Waals surface area contributed by atoms with E-state index in [1.807, 2.05) is 68.4 Å². The maximum Gasteiger partial charge on any atom is 0.338 e. The highest BCUT2D eigenvalue weighted by Gasteiger charge is 2.33. The zero-order valence-corrected chi connectivity index (χ0v) is 26.4. The molecule has 0 amide bonds. The number of esters is 1. The number of hydrogen-bond acceptors (Lipinski definition) is 7. The second-order valence-electron chi connectivity index (χ2n) is 10.1. The number of rotatable bonds is 9. The molecule has 10 heteroatoms. The fraction of sp³-hybridized carbons (Fsp3) is 0.242. The van der Waals surface area contributed by atoms with Crippen LogP contribution < -0.4 is 24.4 Å². The average Bonchev–Trinajstić information content (AvgIpc) is 3.26. The minimum absolute atomic E-state index is 0.00999. The lowest BCUT2D eigenvalue weighted by Gasteiger charge is -2.25. The molecule has 5 rings (SSSR count). The normalized spacial score (nSPS) is 14.9. The molecule has 0 spiro atoms. The molecule has 1 aromatic heterocycles. The molecule has 4 aromatic rings. The number of nitrogens with zero attached hydrogens (tertiary/aromatic N) is 2. The third-order valence-electron chi connectivity index (χ3n) is 6.69. The number of para-hydroxylation sites is 1. The van der Waals surface area contributed by atoms with Crippen molar-refractivity contribution in [3.8, 4) is 11.5 Å². The van der Waals surface area contributed by atoms with Crippen LogP contribution in [0.1, 0.15) is 50.4 Å². The Labute approximate surface area is 263 Å². The Bertz CT molecular complexity index is 1880. The minimum atomic E-state index is -0.718. The molecule has 0 aliphatic carbocycles. The summed E-state index contributed by atoms with van der Waals surface area (Å²) in [6.07, 6.45) is 1.79. The zero-order valence-electron chi connectivity index (χ0n) is 24.1. The van der Waals surface area contributed by atoms with Crippen LogP contribution in [0, 0.1) is 0 Å². The highest BCUT2D eigenvalue weighted by atomic mass is 35.5. The van der Waals surface area contributed by atoms with Crippen molar-refractivity contribution in [3.05, 3.63) is 124 Å². The Hall–Kier alpha value is -3.85. The van der Waals surface area contributed by atoms with E-state index in [4.69, 9.17) is 37.4 Å². The predicted octanol–water partition coefficient (Wildman–Crippen LogP) is 6.47. The zero-order chi connectivity index (χ0) is 30.7. The van der Waals surface area contributed by atoms with Gasteiger partial charge >= 0.3 is 5.97 Å². The summed E-state index contributed by atoms with van der Waals surface area (Å²) in [5.41, 5.74) is 2.79. The van der Waals surface area contributed by atoms with Crippen molar-refractivity contribution in [3.63, 3.8) is 0 Å². The molecule has 0 fully saturated rings. The summed E-state index contributed by atoms with van der Waals surface area (Å²) in [5, 5.41) is 1.05. The van der Waals surface area contributed by atoms with E-state index < -0.39 is 12.0 Å². The van der Waals surface area contributed by atoms with Gasteiger partial charge < -0.3 is 14.2 Å². The van der Waals surface area contributed by atoms with Gasteiger partial charge in [0.05, 0.1) is 34.6 Å². The summed E-state index contributed by atoms with van der Waals surface area (Å²) in [6.45, 7) is 7.83. The molecule has 2 heterocycles. The highest BCUT2D eigenvalue weighted by molar-refractivity contribution is 7.07. The van der Waals surface area contributed by atoms with Gasteiger partial charge in [0.15, 0.2) is 4.80 Å². The fourth-order valence-electron chi connectivity index (χ4n) is 4.77. The van der Waals surface area contributed by atoms with E-state index in [9.17, 15) is 9.59 Å². The smallest absolute Gasteiger partial charge is 0.338 e. The Balaban J connectivity index is 1.57. The number of hydrogen-bond donors (Lipinski definition) is 0. The molecule has 7 nitrogen and oxygen atoms in total. The average molecular weight is 638 g/mol. The molecule has 1 aliphatic heterocycles. The highest BCUT2D eigenvalue weighted by Crippen LogP contribution is 2.32. The second kappa shape index (κ2) is 13.2. The number of halogens is 2. The number of allylic oxidation sites excluding steroid dienone is 1. The first-order valence-corrected chi connectivity index (χ1v) is 15.4. The van der Waals surface area contributed by atoms with Gasteiger partial charge in [-0.05, 0) is 69.7 Å². The van der Waals surface area contributed by atoms with E-state index in [1.54, 1.807) is 36.6 Å². The Kier molecular flexibility index (Phi) is 9.40. The maximum atomic E-state index is 14.0. The lowest BCUT2D eigenvalue weighted by atomic mass is 9.96. The van der Waals surface area contributed by atoms with Crippen LogP contribution in [-0.4, -0.2) is 23.2 Å². The molecular formula is C33H30Cl2N2O5S. The summed E-state index contributed by atoms with van der Waals surface area (Å²) in [5.74, 6) is 0.770. The molecule has 43 heavy (non-hydrogen) atoms. The standard InChI is InChI=1S/C33H30Cl2N2O5S/c1-5-40-32(39)29-20(4)36-33-37(30(29)21-11-14-25(15-12-21)42-19(2)3)31(38)28(43-33)16-22-8-6-7-9-27(22)41-18-23-10-13-24(34)17-26(23)35/h6-17,19,30H,5,18H2,1-4H3/b28-16+/t30-/m0/s1. The van der Waals surface area contributed by atoms with Gasteiger partial charge in [-0.2, -0.15) is 0 Å². The molecule has 222 valence electrons. The third-order valence-corrected chi connectivity index (χ3v) is 8.26. The first kappa shape index (κ1) is 30.6. The Morgan fingerprint density at radius 3 is 2.53 bits per heavy atom. The van der Waals surface area contributed by atoms with E-state index in [2.05, 4.69) is 4.99 Å². The molecular weight excluding hydrogens is 607 g/mol. The summed E-state index contributed by atoms with van der Waals surface area (Å²) >= 11 is 13.6. The first-order chi connectivity index (χ1) is 20.7. The topological polar surface area (TPSA) is 79.1 Å². The van der Waals surface area contributed by atoms with Crippen LogP contribution in [0.3, 0.4) is 0 Å². The van der Waals surface area contributed by atoms with Crippen molar-refractivity contribution >= 4 is 46.6 Å². The minimum Gasteiger partial charge on any atom is -0.491 e. The predicted molar refractivity (Wildman–Crippen MR) is 170 cm³/mol. The van der Waals surface area contributed by atoms with Crippen LogP contribution in [0.15, 0.2) is 87.8 Å². The Morgan fingerprint density at radius 2 is 1.84 bits per heavy atom. The van der Waals surface area contributed by atoms with Crippen LogP contribution in [0.5, 0.6) is 11.5 Å². The van der Waals surface area contributed by atoms with Gasteiger partial charge in [-0.25, -0.2) is 9.79 Å². The lowest BCUT2D eigenvalue weighted by Crippen LogP contribution is -2.39. The molecule has 1 atom stereocenters. The summed E-state index contributed by atoms with van der Waals surface area (Å²) in [6, 6.07) is 19.4.